The van der Waals surface area contributed by atoms with E-state index in [2.05, 4.69) is 5.32 Å². The van der Waals surface area contributed by atoms with Crippen LogP contribution >= 0.6 is 23.2 Å². The van der Waals surface area contributed by atoms with Crippen LogP contribution in [0.15, 0.2) is 34.9 Å². The van der Waals surface area contributed by atoms with Gasteiger partial charge in [-0.2, -0.15) is 0 Å². The average Bonchev–Trinajstić information content (AvgIpc) is 2.79. The van der Waals surface area contributed by atoms with E-state index >= 15 is 0 Å². The maximum absolute atomic E-state index is 10.8. The van der Waals surface area contributed by atoms with Gasteiger partial charge in [0.15, 0.2) is 0 Å². The Morgan fingerprint density at radius 2 is 2.11 bits per heavy atom. The predicted octanol–water partition coefficient (Wildman–Crippen LogP) is 3.90. The highest BCUT2D eigenvalue weighted by atomic mass is 35.5. The van der Waals surface area contributed by atoms with Gasteiger partial charge >= 0.3 is 5.97 Å². The van der Waals surface area contributed by atoms with Crippen LogP contribution in [0.1, 0.15) is 16.1 Å². The number of furan rings is 1. The second-order valence-electron chi connectivity index (χ2n) is 3.56. The summed E-state index contributed by atoms with van der Waals surface area (Å²) >= 11 is 11.8. The van der Waals surface area contributed by atoms with Gasteiger partial charge in [0.25, 0.3) is 0 Å². The van der Waals surface area contributed by atoms with Crippen molar-refractivity contribution in [1.82, 2.24) is 0 Å². The molecule has 18 heavy (non-hydrogen) atoms. The fourth-order valence-electron chi connectivity index (χ4n) is 1.49. The van der Waals surface area contributed by atoms with E-state index < -0.39 is 5.97 Å². The minimum Gasteiger partial charge on any atom is -0.475 e. The van der Waals surface area contributed by atoms with Crippen molar-refractivity contribution in [3.05, 3.63) is 51.9 Å². The van der Waals surface area contributed by atoms with Crippen molar-refractivity contribution in [2.24, 2.45) is 0 Å². The number of benzene rings is 1. The fraction of sp³-hybridized carbons (Fsp3) is 0.0833. The molecule has 4 nitrogen and oxygen atoms in total. The molecule has 0 aliphatic rings. The van der Waals surface area contributed by atoms with Gasteiger partial charge in [-0.1, -0.05) is 23.2 Å². The average molecular weight is 286 g/mol. The summed E-state index contributed by atoms with van der Waals surface area (Å²) in [5.41, 5.74) is 1.18. The predicted molar refractivity (Wildman–Crippen MR) is 69.5 cm³/mol. The second-order valence-corrected chi connectivity index (χ2v) is 4.40. The van der Waals surface area contributed by atoms with Crippen molar-refractivity contribution in [3.8, 4) is 0 Å². The van der Waals surface area contributed by atoms with E-state index in [9.17, 15) is 4.79 Å². The highest BCUT2D eigenvalue weighted by Gasteiger charge is 2.13. The molecule has 0 aliphatic carbocycles. The lowest BCUT2D eigenvalue weighted by atomic mass is 10.2. The SMILES string of the molecule is O=C(O)c1occc1CNc1cc(Cl)ccc1Cl. The van der Waals surface area contributed by atoms with Crippen LogP contribution in [0.4, 0.5) is 5.69 Å². The summed E-state index contributed by atoms with van der Waals surface area (Å²) in [5, 5.41) is 13.0. The van der Waals surface area contributed by atoms with Crippen LogP contribution in [0.3, 0.4) is 0 Å². The fourth-order valence-corrected chi connectivity index (χ4v) is 1.84. The normalized spacial score (nSPS) is 10.3. The standard InChI is InChI=1S/C12H9Cl2NO3/c13-8-1-2-9(14)10(5-8)15-6-7-3-4-18-11(7)12(16)17/h1-5,15H,6H2,(H,16,17). The molecule has 2 rings (SSSR count). The van der Waals surface area contributed by atoms with Crippen molar-refractivity contribution < 1.29 is 14.3 Å². The van der Waals surface area contributed by atoms with Crippen LogP contribution in [-0.2, 0) is 6.54 Å². The van der Waals surface area contributed by atoms with E-state index in [0.717, 1.165) is 0 Å². The third-order valence-corrected chi connectivity index (χ3v) is 2.90. The molecule has 0 spiro atoms. The summed E-state index contributed by atoms with van der Waals surface area (Å²) in [7, 11) is 0. The summed E-state index contributed by atoms with van der Waals surface area (Å²) in [5.74, 6) is -1.19. The Hall–Kier alpha value is -1.65. The van der Waals surface area contributed by atoms with Gasteiger partial charge in [-0.25, -0.2) is 4.79 Å². The highest BCUT2D eigenvalue weighted by Crippen LogP contribution is 2.26. The lowest BCUT2D eigenvalue weighted by Gasteiger charge is -2.08. The van der Waals surface area contributed by atoms with Crippen molar-refractivity contribution in [3.63, 3.8) is 0 Å². The topological polar surface area (TPSA) is 62.5 Å². The minimum atomic E-state index is -1.10. The van der Waals surface area contributed by atoms with Crippen molar-refractivity contribution in [2.75, 3.05) is 5.32 Å². The highest BCUT2D eigenvalue weighted by molar-refractivity contribution is 6.35. The van der Waals surface area contributed by atoms with Crippen LogP contribution in [0.2, 0.25) is 10.0 Å². The number of nitrogens with one attached hydrogen (secondary N) is 1. The first-order chi connectivity index (χ1) is 8.58. The third-order valence-electron chi connectivity index (χ3n) is 2.34. The molecule has 0 saturated heterocycles. The first-order valence-corrected chi connectivity index (χ1v) is 5.82. The van der Waals surface area contributed by atoms with E-state index in [-0.39, 0.29) is 12.3 Å². The Morgan fingerprint density at radius 1 is 1.33 bits per heavy atom. The Kier molecular flexibility index (Phi) is 3.79. The van der Waals surface area contributed by atoms with Crippen molar-refractivity contribution >= 4 is 34.9 Å². The number of rotatable bonds is 4. The first kappa shape index (κ1) is 12.8. The third kappa shape index (κ3) is 2.78. The van der Waals surface area contributed by atoms with Gasteiger partial charge in [-0.15, -0.1) is 0 Å². The van der Waals surface area contributed by atoms with Crippen LogP contribution in [0.5, 0.6) is 0 Å². The van der Waals surface area contributed by atoms with Crippen molar-refractivity contribution in [1.29, 1.82) is 0 Å². The molecule has 2 aromatic rings. The summed E-state index contributed by atoms with van der Waals surface area (Å²) in [6.07, 6.45) is 1.33. The van der Waals surface area contributed by atoms with Crippen LogP contribution in [-0.4, -0.2) is 11.1 Å². The zero-order chi connectivity index (χ0) is 13.1. The molecule has 0 aliphatic heterocycles. The van der Waals surface area contributed by atoms with E-state index in [4.69, 9.17) is 32.7 Å². The molecule has 1 aromatic carbocycles. The number of hydrogen-bond donors (Lipinski definition) is 2. The molecule has 2 N–H and O–H groups in total. The van der Waals surface area contributed by atoms with Gasteiger partial charge in [-0.3, -0.25) is 0 Å². The van der Waals surface area contributed by atoms with Gasteiger partial charge in [-0.05, 0) is 24.3 Å². The minimum absolute atomic E-state index is 0.0827. The molecule has 0 amide bonds. The lowest BCUT2D eigenvalue weighted by Crippen LogP contribution is -2.04. The van der Waals surface area contributed by atoms with E-state index in [1.54, 1.807) is 24.3 Å². The number of carbonyl (C=O) groups is 1. The maximum atomic E-state index is 10.8. The second kappa shape index (κ2) is 5.33. The zero-order valence-electron chi connectivity index (χ0n) is 9.11. The molecule has 0 bridgehead atoms. The Bertz CT molecular complexity index is 580. The summed E-state index contributed by atoms with van der Waals surface area (Å²) in [4.78, 5) is 10.8. The van der Waals surface area contributed by atoms with Crippen LogP contribution in [0, 0.1) is 0 Å². The van der Waals surface area contributed by atoms with Gasteiger partial charge in [0.2, 0.25) is 5.76 Å². The maximum Gasteiger partial charge on any atom is 0.372 e. The molecule has 0 unspecified atom stereocenters. The largest absolute Gasteiger partial charge is 0.475 e. The number of carboxylic acid groups (broad SMARTS) is 1. The zero-order valence-corrected chi connectivity index (χ0v) is 10.6. The quantitative estimate of drug-likeness (QED) is 0.894. The van der Waals surface area contributed by atoms with Crippen LogP contribution in [0.25, 0.3) is 0 Å². The summed E-state index contributed by atoms with van der Waals surface area (Å²) in [6, 6.07) is 6.61. The number of anilines is 1. The van der Waals surface area contributed by atoms with Gasteiger partial charge in [0.05, 0.1) is 17.0 Å². The molecular weight excluding hydrogens is 277 g/mol. The first-order valence-electron chi connectivity index (χ1n) is 5.06. The monoisotopic (exact) mass is 285 g/mol. The Labute approximate surface area is 113 Å². The van der Waals surface area contributed by atoms with Gasteiger partial charge in [0, 0.05) is 17.1 Å². The number of halogens is 2. The molecule has 0 radical (unpaired) electrons. The summed E-state index contributed by atoms with van der Waals surface area (Å²) < 4.78 is 4.87. The molecule has 0 atom stereocenters. The molecular formula is C12H9Cl2NO3. The molecule has 6 heteroatoms. The molecule has 1 aromatic heterocycles. The molecule has 0 fully saturated rings. The van der Waals surface area contributed by atoms with Crippen LogP contribution < -0.4 is 5.32 Å². The Morgan fingerprint density at radius 3 is 2.83 bits per heavy atom. The smallest absolute Gasteiger partial charge is 0.372 e. The summed E-state index contributed by atoms with van der Waals surface area (Å²) in [6.45, 7) is 0.290. The van der Waals surface area contributed by atoms with E-state index in [0.29, 0.717) is 21.3 Å². The number of hydrogen-bond acceptors (Lipinski definition) is 3. The van der Waals surface area contributed by atoms with E-state index in [1.165, 1.54) is 6.26 Å². The van der Waals surface area contributed by atoms with Gasteiger partial charge < -0.3 is 14.8 Å². The number of aromatic carboxylic acids is 1. The molecule has 0 saturated carbocycles. The number of carboxylic acids is 1. The van der Waals surface area contributed by atoms with Gasteiger partial charge in [0.1, 0.15) is 0 Å². The lowest BCUT2D eigenvalue weighted by molar-refractivity contribution is 0.0661. The van der Waals surface area contributed by atoms with Crippen molar-refractivity contribution in [2.45, 2.75) is 6.54 Å². The molecule has 1 heterocycles. The Balaban J connectivity index is 2.14. The van der Waals surface area contributed by atoms with E-state index in [1.807, 2.05) is 0 Å². The molecule has 94 valence electrons.